The topological polar surface area (TPSA) is 77.5 Å². The Labute approximate surface area is 136 Å². The van der Waals surface area contributed by atoms with Gasteiger partial charge in [0.05, 0.1) is 42.7 Å². The molecule has 0 aliphatic rings. The molecule has 1 N–H and O–H groups in total. The van der Waals surface area contributed by atoms with E-state index in [0.717, 1.165) is 0 Å². The van der Waals surface area contributed by atoms with E-state index in [4.69, 9.17) is 20.8 Å². The Morgan fingerprint density at radius 3 is 3.04 bits per heavy atom. The summed E-state index contributed by atoms with van der Waals surface area (Å²) in [6.45, 7) is 0.442. The smallest absolute Gasteiger partial charge is 0.261 e. The van der Waals surface area contributed by atoms with Gasteiger partial charge in [0.15, 0.2) is 0 Å². The van der Waals surface area contributed by atoms with Gasteiger partial charge in [-0.15, -0.1) is 0 Å². The van der Waals surface area contributed by atoms with E-state index in [1.165, 1.54) is 10.9 Å². The van der Waals surface area contributed by atoms with Gasteiger partial charge in [-0.05, 0) is 30.3 Å². The number of hydrogen-bond donors (Lipinski definition) is 1. The number of hydrogen-bond acceptors (Lipinski definition) is 5. The minimum atomic E-state index is -0.832. The average Bonchev–Trinajstić information content (AvgIpc) is 3.04. The lowest BCUT2D eigenvalue weighted by Gasteiger charge is -2.13. The maximum atomic E-state index is 12.4. The molecule has 3 aromatic rings. The summed E-state index contributed by atoms with van der Waals surface area (Å²) in [6.07, 6.45) is 2.13. The van der Waals surface area contributed by atoms with E-state index >= 15 is 0 Å². The molecule has 1 unspecified atom stereocenters. The fraction of sp³-hybridized carbons (Fsp3) is 0.250. The van der Waals surface area contributed by atoms with Gasteiger partial charge in [0.25, 0.3) is 5.56 Å². The van der Waals surface area contributed by atoms with E-state index < -0.39 is 6.10 Å². The van der Waals surface area contributed by atoms with Crippen molar-refractivity contribution in [2.75, 3.05) is 6.61 Å². The Morgan fingerprint density at radius 2 is 2.26 bits per heavy atom. The monoisotopic (exact) mass is 334 g/mol. The molecule has 1 aromatic carbocycles. The molecular formula is C16H15ClN2O4. The first-order chi connectivity index (χ1) is 11.1. The molecule has 0 amide bonds. The predicted molar refractivity (Wildman–Crippen MR) is 85.4 cm³/mol. The van der Waals surface area contributed by atoms with Crippen molar-refractivity contribution in [3.63, 3.8) is 0 Å². The summed E-state index contributed by atoms with van der Waals surface area (Å²) in [4.78, 5) is 16.6. The molecule has 0 fully saturated rings. The van der Waals surface area contributed by atoms with E-state index in [1.807, 2.05) is 0 Å². The van der Waals surface area contributed by atoms with Gasteiger partial charge in [0.2, 0.25) is 0 Å². The standard InChI is InChI=1S/C16H15ClN2O4/c17-11-3-4-15-14(6-11)16(21)19(10-18-15)7-12(20)8-22-9-13-2-1-5-23-13/h1-6,10,12,20H,7-9H2. The summed E-state index contributed by atoms with van der Waals surface area (Å²) in [5.41, 5.74) is 0.321. The second kappa shape index (κ2) is 6.95. The Kier molecular flexibility index (Phi) is 4.76. The molecule has 23 heavy (non-hydrogen) atoms. The molecule has 0 saturated carbocycles. The average molecular weight is 335 g/mol. The van der Waals surface area contributed by atoms with Crippen molar-refractivity contribution >= 4 is 22.5 Å². The maximum absolute atomic E-state index is 12.4. The van der Waals surface area contributed by atoms with Gasteiger partial charge in [0, 0.05) is 5.02 Å². The molecule has 0 radical (unpaired) electrons. The fourth-order valence-electron chi connectivity index (χ4n) is 2.23. The van der Waals surface area contributed by atoms with Crippen LogP contribution in [0.3, 0.4) is 0 Å². The van der Waals surface area contributed by atoms with Crippen LogP contribution in [-0.4, -0.2) is 27.4 Å². The lowest BCUT2D eigenvalue weighted by molar-refractivity contribution is 0.0142. The largest absolute Gasteiger partial charge is 0.467 e. The van der Waals surface area contributed by atoms with Gasteiger partial charge in [-0.3, -0.25) is 9.36 Å². The molecule has 3 rings (SSSR count). The molecule has 0 spiro atoms. The number of halogens is 1. The third kappa shape index (κ3) is 3.79. The van der Waals surface area contributed by atoms with Crippen molar-refractivity contribution in [2.45, 2.75) is 19.3 Å². The first-order valence-electron chi connectivity index (χ1n) is 7.06. The molecule has 0 aliphatic carbocycles. The Bertz CT molecular complexity index is 845. The lowest BCUT2D eigenvalue weighted by Crippen LogP contribution is -2.29. The second-order valence-electron chi connectivity index (χ2n) is 5.11. The van der Waals surface area contributed by atoms with Crippen LogP contribution in [0.5, 0.6) is 0 Å². The minimum Gasteiger partial charge on any atom is -0.467 e. The van der Waals surface area contributed by atoms with Crippen molar-refractivity contribution in [2.24, 2.45) is 0 Å². The Balaban J connectivity index is 1.66. The highest BCUT2D eigenvalue weighted by atomic mass is 35.5. The number of rotatable bonds is 6. The highest BCUT2D eigenvalue weighted by Gasteiger charge is 2.10. The quantitative estimate of drug-likeness (QED) is 0.748. The van der Waals surface area contributed by atoms with E-state index in [-0.39, 0.29) is 25.3 Å². The van der Waals surface area contributed by atoms with Gasteiger partial charge in [-0.25, -0.2) is 4.98 Å². The highest BCUT2D eigenvalue weighted by Crippen LogP contribution is 2.14. The zero-order valence-electron chi connectivity index (χ0n) is 12.2. The number of nitrogens with zero attached hydrogens (tertiary/aromatic N) is 2. The third-order valence-electron chi connectivity index (χ3n) is 3.33. The predicted octanol–water partition coefficient (Wildman–Crippen LogP) is 2.22. The number of ether oxygens (including phenoxy) is 1. The van der Waals surface area contributed by atoms with Crippen LogP contribution in [0, 0.1) is 0 Å². The van der Waals surface area contributed by atoms with Gasteiger partial charge in [-0.2, -0.15) is 0 Å². The van der Waals surface area contributed by atoms with E-state index in [9.17, 15) is 9.90 Å². The molecule has 2 heterocycles. The van der Waals surface area contributed by atoms with Gasteiger partial charge in [0.1, 0.15) is 12.4 Å². The van der Waals surface area contributed by atoms with Crippen LogP contribution in [0.15, 0.2) is 52.1 Å². The van der Waals surface area contributed by atoms with Crippen LogP contribution >= 0.6 is 11.6 Å². The van der Waals surface area contributed by atoms with Crippen LogP contribution < -0.4 is 5.56 Å². The van der Waals surface area contributed by atoms with E-state index in [1.54, 1.807) is 36.6 Å². The summed E-state index contributed by atoms with van der Waals surface area (Å²) >= 11 is 5.91. The van der Waals surface area contributed by atoms with Crippen molar-refractivity contribution in [1.82, 2.24) is 9.55 Å². The maximum Gasteiger partial charge on any atom is 0.261 e. The summed E-state index contributed by atoms with van der Waals surface area (Å²) < 4.78 is 11.8. The minimum absolute atomic E-state index is 0.0841. The molecule has 120 valence electrons. The fourth-order valence-corrected chi connectivity index (χ4v) is 2.40. The summed E-state index contributed by atoms with van der Waals surface area (Å²) in [5.74, 6) is 0.677. The number of aliphatic hydroxyl groups is 1. The molecule has 6 nitrogen and oxygen atoms in total. The summed E-state index contributed by atoms with van der Waals surface area (Å²) in [5, 5.41) is 10.9. The van der Waals surface area contributed by atoms with Crippen LogP contribution in [0.1, 0.15) is 5.76 Å². The number of furan rings is 1. The molecule has 7 heteroatoms. The summed E-state index contributed by atoms with van der Waals surface area (Å²) in [6, 6.07) is 8.49. The van der Waals surface area contributed by atoms with Crippen LogP contribution in [0.4, 0.5) is 0 Å². The Hall–Kier alpha value is -2.15. The third-order valence-corrected chi connectivity index (χ3v) is 3.56. The molecule has 0 saturated heterocycles. The zero-order valence-corrected chi connectivity index (χ0v) is 12.9. The van der Waals surface area contributed by atoms with Crippen molar-refractivity contribution in [3.05, 3.63) is 64.1 Å². The first-order valence-corrected chi connectivity index (χ1v) is 7.44. The Morgan fingerprint density at radius 1 is 1.39 bits per heavy atom. The van der Waals surface area contributed by atoms with Crippen LogP contribution in [-0.2, 0) is 17.9 Å². The molecular weight excluding hydrogens is 320 g/mol. The number of aliphatic hydroxyl groups excluding tert-OH is 1. The lowest BCUT2D eigenvalue weighted by atomic mass is 10.2. The second-order valence-corrected chi connectivity index (χ2v) is 5.55. The van der Waals surface area contributed by atoms with Crippen LogP contribution in [0.25, 0.3) is 10.9 Å². The SMILES string of the molecule is O=c1c2cc(Cl)ccc2ncn1CC(O)COCc1ccco1. The number of fused-ring (bicyclic) bond motifs is 1. The highest BCUT2D eigenvalue weighted by molar-refractivity contribution is 6.31. The number of benzene rings is 1. The van der Waals surface area contributed by atoms with E-state index in [2.05, 4.69) is 4.98 Å². The van der Waals surface area contributed by atoms with E-state index in [0.29, 0.717) is 21.7 Å². The zero-order chi connectivity index (χ0) is 16.2. The van der Waals surface area contributed by atoms with Gasteiger partial charge >= 0.3 is 0 Å². The normalized spacial score (nSPS) is 12.6. The van der Waals surface area contributed by atoms with Crippen molar-refractivity contribution in [1.29, 1.82) is 0 Å². The number of aromatic nitrogens is 2. The van der Waals surface area contributed by atoms with Gasteiger partial charge < -0.3 is 14.3 Å². The van der Waals surface area contributed by atoms with Crippen molar-refractivity contribution < 1.29 is 14.3 Å². The molecule has 2 aromatic heterocycles. The van der Waals surface area contributed by atoms with Crippen LogP contribution in [0.2, 0.25) is 5.02 Å². The molecule has 1 atom stereocenters. The molecule has 0 aliphatic heterocycles. The summed E-state index contributed by atoms with van der Waals surface area (Å²) in [7, 11) is 0. The first kappa shape index (κ1) is 15.7. The molecule has 0 bridgehead atoms. The van der Waals surface area contributed by atoms with Crippen molar-refractivity contribution in [3.8, 4) is 0 Å². The van der Waals surface area contributed by atoms with Gasteiger partial charge in [-0.1, -0.05) is 11.6 Å².